The Morgan fingerprint density at radius 2 is 1.94 bits per heavy atom. The number of carbonyl (C=O) groups excluding carboxylic acids is 1. The summed E-state index contributed by atoms with van der Waals surface area (Å²) in [6.45, 7) is 0. The predicted molar refractivity (Wildman–Crippen MR) is 69.3 cm³/mol. The zero-order valence-electron chi connectivity index (χ0n) is 9.93. The van der Waals surface area contributed by atoms with Crippen LogP contribution < -0.4 is 0 Å². The van der Waals surface area contributed by atoms with Gasteiger partial charge in [0.25, 0.3) is 0 Å². The van der Waals surface area contributed by atoms with Gasteiger partial charge >= 0.3 is 0 Å². The lowest BCUT2D eigenvalue weighted by atomic mass is 9.86. The SMILES string of the molecule is O=C1CCCCC1CCS(=O)c1ccccc1. The maximum atomic E-state index is 12.0. The lowest BCUT2D eigenvalue weighted by molar-refractivity contribution is -0.124. The molecule has 1 fully saturated rings. The molecule has 1 aliphatic carbocycles. The van der Waals surface area contributed by atoms with Gasteiger partial charge in [0.1, 0.15) is 5.78 Å². The molecule has 92 valence electrons. The highest BCUT2D eigenvalue weighted by Gasteiger charge is 2.22. The van der Waals surface area contributed by atoms with E-state index in [1.54, 1.807) is 0 Å². The number of carbonyl (C=O) groups is 1. The van der Waals surface area contributed by atoms with Gasteiger partial charge in [-0.15, -0.1) is 0 Å². The summed E-state index contributed by atoms with van der Waals surface area (Å²) in [5.41, 5.74) is 0. The van der Waals surface area contributed by atoms with Gasteiger partial charge in [0, 0.05) is 23.0 Å². The van der Waals surface area contributed by atoms with Crippen molar-refractivity contribution >= 4 is 16.6 Å². The van der Waals surface area contributed by atoms with E-state index < -0.39 is 10.8 Å². The topological polar surface area (TPSA) is 34.1 Å². The number of hydrogen-bond donors (Lipinski definition) is 0. The van der Waals surface area contributed by atoms with Gasteiger partial charge in [-0.1, -0.05) is 24.6 Å². The van der Waals surface area contributed by atoms with E-state index >= 15 is 0 Å². The molecular weight excluding hydrogens is 232 g/mol. The van der Waals surface area contributed by atoms with Crippen LogP contribution in [-0.4, -0.2) is 15.7 Å². The molecule has 1 aromatic rings. The van der Waals surface area contributed by atoms with E-state index in [0.29, 0.717) is 11.5 Å². The largest absolute Gasteiger partial charge is 0.299 e. The van der Waals surface area contributed by atoms with Gasteiger partial charge in [0.05, 0.1) is 10.8 Å². The fourth-order valence-corrected chi connectivity index (χ4v) is 3.49. The first-order valence-electron chi connectivity index (χ1n) is 6.23. The van der Waals surface area contributed by atoms with Crippen molar-refractivity contribution in [1.29, 1.82) is 0 Å². The van der Waals surface area contributed by atoms with Gasteiger partial charge in [0.2, 0.25) is 0 Å². The maximum Gasteiger partial charge on any atom is 0.136 e. The highest BCUT2D eigenvalue weighted by molar-refractivity contribution is 7.85. The Morgan fingerprint density at radius 3 is 2.65 bits per heavy atom. The molecule has 0 radical (unpaired) electrons. The lowest BCUT2D eigenvalue weighted by Gasteiger charge is -2.19. The first-order chi connectivity index (χ1) is 8.27. The molecule has 2 atom stereocenters. The minimum atomic E-state index is -0.952. The Bertz CT molecular complexity index is 400. The van der Waals surface area contributed by atoms with Crippen LogP contribution in [0.3, 0.4) is 0 Å². The number of ketones is 1. The number of benzene rings is 1. The molecule has 2 unspecified atom stereocenters. The Balaban J connectivity index is 1.86. The van der Waals surface area contributed by atoms with E-state index in [1.807, 2.05) is 30.3 Å². The van der Waals surface area contributed by atoms with E-state index in [2.05, 4.69) is 0 Å². The van der Waals surface area contributed by atoms with Crippen LogP contribution in [0.1, 0.15) is 32.1 Å². The lowest BCUT2D eigenvalue weighted by Crippen LogP contribution is -2.20. The zero-order valence-corrected chi connectivity index (χ0v) is 10.7. The van der Waals surface area contributed by atoms with E-state index in [4.69, 9.17) is 0 Å². The van der Waals surface area contributed by atoms with Crippen LogP contribution in [0.4, 0.5) is 0 Å². The van der Waals surface area contributed by atoms with E-state index in [-0.39, 0.29) is 5.92 Å². The molecule has 0 aliphatic heterocycles. The van der Waals surface area contributed by atoms with Gasteiger partial charge in [-0.2, -0.15) is 0 Å². The summed E-state index contributed by atoms with van der Waals surface area (Å²) < 4.78 is 12.0. The molecule has 17 heavy (non-hydrogen) atoms. The van der Waals surface area contributed by atoms with Gasteiger partial charge in [0.15, 0.2) is 0 Å². The smallest absolute Gasteiger partial charge is 0.136 e. The summed E-state index contributed by atoms with van der Waals surface area (Å²) in [6.07, 6.45) is 4.68. The normalized spacial score (nSPS) is 22.4. The fourth-order valence-electron chi connectivity index (χ4n) is 2.30. The minimum absolute atomic E-state index is 0.163. The van der Waals surface area contributed by atoms with Gasteiger partial charge in [-0.25, -0.2) is 0 Å². The van der Waals surface area contributed by atoms with Crippen LogP contribution in [0.15, 0.2) is 35.2 Å². The van der Waals surface area contributed by atoms with Crippen LogP contribution >= 0.6 is 0 Å². The summed E-state index contributed by atoms with van der Waals surface area (Å²) >= 11 is 0. The first-order valence-corrected chi connectivity index (χ1v) is 7.55. The standard InChI is InChI=1S/C14H18O2S/c15-14-9-5-4-6-12(14)10-11-17(16)13-7-2-1-3-8-13/h1-3,7-8,12H,4-6,9-11H2. The molecule has 3 heteroatoms. The summed E-state index contributed by atoms with van der Waals surface area (Å²) in [6, 6.07) is 9.50. The van der Waals surface area contributed by atoms with Crippen molar-refractivity contribution in [3.63, 3.8) is 0 Å². The first kappa shape index (κ1) is 12.5. The van der Waals surface area contributed by atoms with Gasteiger partial charge in [-0.3, -0.25) is 9.00 Å². The number of Topliss-reactive ketones (excluding diaryl/α,β-unsaturated/α-hetero) is 1. The second-order valence-electron chi connectivity index (χ2n) is 4.56. The molecule has 0 amide bonds. The monoisotopic (exact) mass is 250 g/mol. The molecule has 1 aliphatic rings. The zero-order chi connectivity index (χ0) is 12.1. The van der Waals surface area contributed by atoms with Gasteiger partial charge in [-0.05, 0) is 31.4 Å². The number of rotatable bonds is 4. The molecule has 2 rings (SSSR count). The Morgan fingerprint density at radius 1 is 1.18 bits per heavy atom. The van der Waals surface area contributed by atoms with Crippen LogP contribution in [-0.2, 0) is 15.6 Å². The average molecular weight is 250 g/mol. The van der Waals surface area contributed by atoms with Crippen molar-refractivity contribution in [2.24, 2.45) is 5.92 Å². The summed E-state index contributed by atoms with van der Waals surface area (Å²) in [5, 5.41) is 0. The quantitative estimate of drug-likeness (QED) is 0.823. The number of hydrogen-bond acceptors (Lipinski definition) is 2. The second-order valence-corrected chi connectivity index (χ2v) is 6.13. The molecule has 1 aromatic carbocycles. The average Bonchev–Trinajstić information content (AvgIpc) is 2.38. The van der Waals surface area contributed by atoms with Crippen molar-refractivity contribution in [1.82, 2.24) is 0 Å². The van der Waals surface area contributed by atoms with E-state index in [0.717, 1.165) is 37.0 Å². The third-order valence-corrected chi connectivity index (χ3v) is 4.74. The highest BCUT2D eigenvalue weighted by atomic mass is 32.2. The van der Waals surface area contributed by atoms with Crippen molar-refractivity contribution in [3.8, 4) is 0 Å². The predicted octanol–water partition coefficient (Wildman–Crippen LogP) is 2.94. The second kappa shape index (κ2) is 6.10. The van der Waals surface area contributed by atoms with Crippen LogP contribution in [0, 0.1) is 5.92 Å². The molecule has 0 saturated heterocycles. The van der Waals surface area contributed by atoms with Crippen molar-refractivity contribution in [2.75, 3.05) is 5.75 Å². The van der Waals surface area contributed by atoms with E-state index in [9.17, 15) is 9.00 Å². The molecule has 0 N–H and O–H groups in total. The Hall–Kier alpha value is -0.960. The van der Waals surface area contributed by atoms with Crippen LogP contribution in [0.25, 0.3) is 0 Å². The van der Waals surface area contributed by atoms with Crippen molar-refractivity contribution < 1.29 is 9.00 Å². The molecule has 0 heterocycles. The molecule has 0 aromatic heterocycles. The van der Waals surface area contributed by atoms with Crippen molar-refractivity contribution in [3.05, 3.63) is 30.3 Å². The highest BCUT2D eigenvalue weighted by Crippen LogP contribution is 2.24. The molecule has 1 saturated carbocycles. The van der Waals surface area contributed by atoms with Crippen LogP contribution in [0.5, 0.6) is 0 Å². The van der Waals surface area contributed by atoms with E-state index in [1.165, 1.54) is 0 Å². The van der Waals surface area contributed by atoms with Crippen molar-refractivity contribution in [2.45, 2.75) is 37.0 Å². The summed E-state index contributed by atoms with van der Waals surface area (Å²) in [7, 11) is -0.952. The fraction of sp³-hybridized carbons (Fsp3) is 0.500. The third-order valence-electron chi connectivity index (χ3n) is 3.34. The van der Waals surface area contributed by atoms with Gasteiger partial charge < -0.3 is 0 Å². The maximum absolute atomic E-state index is 12.0. The van der Waals surface area contributed by atoms with Crippen LogP contribution in [0.2, 0.25) is 0 Å². The molecule has 0 bridgehead atoms. The third kappa shape index (κ3) is 3.50. The molecular formula is C14H18O2S. The Kier molecular flexibility index (Phi) is 4.49. The summed E-state index contributed by atoms with van der Waals surface area (Å²) in [4.78, 5) is 12.5. The summed E-state index contributed by atoms with van der Waals surface area (Å²) in [5.74, 6) is 1.15. The molecule has 2 nitrogen and oxygen atoms in total. The molecule has 0 spiro atoms. The Labute approximate surface area is 105 Å². The minimum Gasteiger partial charge on any atom is -0.299 e.